The minimum Gasteiger partial charge on any atom is -0.381 e. The fourth-order valence-corrected chi connectivity index (χ4v) is 0.853. The van der Waals surface area contributed by atoms with Gasteiger partial charge in [-0.05, 0) is 0 Å². The predicted octanol–water partition coefficient (Wildman–Crippen LogP) is 2.02. The van der Waals surface area contributed by atoms with Gasteiger partial charge in [-0.1, -0.05) is 20.4 Å². The summed E-state index contributed by atoms with van der Waals surface area (Å²) in [5, 5.41) is 0. The largest absolute Gasteiger partial charge is 0.534 e. The number of allylic oxidation sites excluding steroid dienone is 1. The van der Waals surface area contributed by atoms with Crippen LogP contribution >= 0.6 is 0 Å². The lowest BCUT2D eigenvalue weighted by Crippen LogP contribution is -2.25. The first-order chi connectivity index (χ1) is 5.58. The van der Waals surface area contributed by atoms with Crippen molar-refractivity contribution in [3.63, 3.8) is 0 Å². The molecular weight excluding hydrogens is 209 g/mol. The normalized spacial score (nSPS) is 13.1. The number of hydrogen-bond donors (Lipinski definition) is 0. The summed E-state index contributed by atoms with van der Waals surface area (Å²) < 4.78 is 59.5. The number of hydrogen-bond acceptors (Lipinski definition) is 3. The molecule has 7 heteroatoms. The number of rotatable bonds is 3. The van der Waals surface area contributed by atoms with Crippen LogP contribution in [-0.2, 0) is 14.3 Å². The van der Waals surface area contributed by atoms with E-state index in [2.05, 4.69) is 10.8 Å². The highest BCUT2D eigenvalue weighted by atomic mass is 32.2. The molecule has 0 unspecified atom stereocenters. The van der Waals surface area contributed by atoms with Gasteiger partial charge in [0, 0.05) is 5.92 Å². The van der Waals surface area contributed by atoms with Crippen molar-refractivity contribution in [3.8, 4) is 0 Å². The van der Waals surface area contributed by atoms with Crippen molar-refractivity contribution in [1.82, 2.24) is 0 Å². The molecule has 0 radical (unpaired) electrons. The van der Waals surface area contributed by atoms with Crippen molar-refractivity contribution in [2.24, 2.45) is 5.92 Å². The maximum Gasteiger partial charge on any atom is 0.534 e. The van der Waals surface area contributed by atoms with Crippen LogP contribution in [0, 0.1) is 5.92 Å². The fraction of sp³-hybridized carbons (Fsp3) is 0.667. The SMILES string of the molecule is C=C(OS(=O)(=O)C(F)(F)F)C(C)C. The van der Waals surface area contributed by atoms with Crippen molar-refractivity contribution in [2.45, 2.75) is 19.4 Å². The van der Waals surface area contributed by atoms with E-state index in [1.807, 2.05) is 0 Å². The van der Waals surface area contributed by atoms with Gasteiger partial charge < -0.3 is 4.18 Å². The van der Waals surface area contributed by atoms with Gasteiger partial charge in [-0.25, -0.2) is 0 Å². The van der Waals surface area contributed by atoms with Crippen molar-refractivity contribution in [2.75, 3.05) is 0 Å². The molecule has 0 aliphatic rings. The Labute approximate surface area is 74.3 Å². The molecule has 0 N–H and O–H groups in total. The van der Waals surface area contributed by atoms with Crippen LogP contribution in [0.2, 0.25) is 0 Å². The van der Waals surface area contributed by atoms with Crippen LogP contribution in [0.25, 0.3) is 0 Å². The molecule has 0 aromatic carbocycles. The van der Waals surface area contributed by atoms with Gasteiger partial charge in [-0.3, -0.25) is 0 Å². The van der Waals surface area contributed by atoms with Crippen LogP contribution in [0.3, 0.4) is 0 Å². The summed E-state index contributed by atoms with van der Waals surface area (Å²) in [6.45, 7) is 5.98. The molecule has 0 aliphatic heterocycles. The molecule has 0 amide bonds. The molecular formula is C6H9F3O3S. The van der Waals surface area contributed by atoms with Crippen LogP contribution in [0.5, 0.6) is 0 Å². The van der Waals surface area contributed by atoms with Gasteiger partial charge in [0.1, 0.15) is 5.76 Å². The van der Waals surface area contributed by atoms with Crippen LogP contribution in [0.15, 0.2) is 12.3 Å². The lowest BCUT2D eigenvalue weighted by atomic mass is 10.2. The minimum atomic E-state index is -5.54. The van der Waals surface area contributed by atoms with Gasteiger partial charge >= 0.3 is 15.6 Å². The highest BCUT2D eigenvalue weighted by Crippen LogP contribution is 2.27. The molecule has 0 aromatic rings. The standard InChI is InChI=1S/C6H9F3O3S/c1-4(2)5(3)12-13(10,11)6(7,8)9/h4H,3H2,1-2H3. The van der Waals surface area contributed by atoms with Crippen LogP contribution in [0.1, 0.15) is 13.8 Å². The Balaban J connectivity index is 4.65. The Morgan fingerprint density at radius 1 is 1.38 bits per heavy atom. The van der Waals surface area contributed by atoms with E-state index in [0.29, 0.717) is 0 Å². The minimum absolute atomic E-state index is 0.433. The second-order valence-electron chi connectivity index (χ2n) is 2.60. The van der Waals surface area contributed by atoms with Crippen LogP contribution in [-0.4, -0.2) is 13.9 Å². The molecule has 0 aromatic heterocycles. The lowest BCUT2D eigenvalue weighted by molar-refractivity contribution is -0.0525. The van der Waals surface area contributed by atoms with Gasteiger partial charge in [0.15, 0.2) is 0 Å². The summed E-state index contributed by atoms with van der Waals surface area (Å²) >= 11 is 0. The average molecular weight is 218 g/mol. The lowest BCUT2D eigenvalue weighted by Gasteiger charge is -2.12. The third kappa shape index (κ3) is 3.25. The second-order valence-corrected chi connectivity index (χ2v) is 4.14. The van der Waals surface area contributed by atoms with Gasteiger partial charge in [0.25, 0.3) is 0 Å². The summed E-state index contributed by atoms with van der Waals surface area (Å²) in [6.07, 6.45) is 0. The van der Waals surface area contributed by atoms with E-state index in [1.54, 1.807) is 0 Å². The van der Waals surface area contributed by atoms with Crippen molar-refractivity contribution < 1.29 is 25.8 Å². The Morgan fingerprint density at radius 3 is 2.00 bits per heavy atom. The molecule has 0 saturated heterocycles. The highest BCUT2D eigenvalue weighted by Gasteiger charge is 2.48. The molecule has 0 bridgehead atoms. The van der Waals surface area contributed by atoms with E-state index in [-0.39, 0.29) is 0 Å². The van der Waals surface area contributed by atoms with E-state index in [9.17, 15) is 21.6 Å². The smallest absolute Gasteiger partial charge is 0.381 e. The van der Waals surface area contributed by atoms with Crippen molar-refractivity contribution in [1.29, 1.82) is 0 Å². The fourth-order valence-electron chi connectivity index (χ4n) is 0.284. The first kappa shape index (κ1) is 12.3. The molecule has 0 spiro atoms. The zero-order chi connectivity index (χ0) is 10.9. The van der Waals surface area contributed by atoms with E-state index in [1.165, 1.54) is 13.8 Å². The van der Waals surface area contributed by atoms with E-state index >= 15 is 0 Å². The molecule has 13 heavy (non-hydrogen) atoms. The monoisotopic (exact) mass is 218 g/mol. The van der Waals surface area contributed by atoms with Gasteiger partial charge in [-0.2, -0.15) is 21.6 Å². The zero-order valence-corrected chi connectivity index (χ0v) is 7.87. The van der Waals surface area contributed by atoms with Crippen LogP contribution in [0.4, 0.5) is 13.2 Å². The summed E-state index contributed by atoms with van der Waals surface area (Å²) in [6, 6.07) is 0. The van der Waals surface area contributed by atoms with E-state index in [4.69, 9.17) is 0 Å². The van der Waals surface area contributed by atoms with E-state index < -0.39 is 27.3 Å². The first-order valence-electron chi connectivity index (χ1n) is 3.27. The summed E-state index contributed by atoms with van der Waals surface area (Å²) in [4.78, 5) is 0. The quantitative estimate of drug-likeness (QED) is 0.413. The molecule has 0 fully saturated rings. The van der Waals surface area contributed by atoms with Crippen LogP contribution < -0.4 is 0 Å². The Kier molecular flexibility index (Phi) is 3.37. The summed E-state index contributed by atoms with van der Waals surface area (Å²) in [7, 11) is -5.54. The average Bonchev–Trinajstić information content (AvgIpc) is 1.83. The molecule has 0 aliphatic carbocycles. The third-order valence-electron chi connectivity index (χ3n) is 1.14. The van der Waals surface area contributed by atoms with Gasteiger partial charge in [0.05, 0.1) is 0 Å². The zero-order valence-electron chi connectivity index (χ0n) is 7.05. The molecule has 0 heterocycles. The Morgan fingerprint density at radius 2 is 1.77 bits per heavy atom. The highest BCUT2D eigenvalue weighted by molar-refractivity contribution is 7.87. The maximum absolute atomic E-state index is 11.7. The third-order valence-corrected chi connectivity index (χ3v) is 2.14. The predicted molar refractivity (Wildman–Crippen MR) is 40.0 cm³/mol. The molecule has 3 nitrogen and oxygen atoms in total. The molecule has 0 rings (SSSR count). The number of alkyl halides is 3. The van der Waals surface area contributed by atoms with Gasteiger partial charge in [0.2, 0.25) is 0 Å². The molecule has 0 atom stereocenters. The van der Waals surface area contributed by atoms with E-state index in [0.717, 1.165) is 0 Å². The summed E-state index contributed by atoms with van der Waals surface area (Å²) in [5.74, 6) is -0.922. The number of halogens is 3. The first-order valence-corrected chi connectivity index (χ1v) is 4.68. The van der Waals surface area contributed by atoms with Crippen molar-refractivity contribution >= 4 is 10.1 Å². The molecule has 0 saturated carbocycles. The van der Waals surface area contributed by atoms with Crippen molar-refractivity contribution in [3.05, 3.63) is 12.3 Å². The topological polar surface area (TPSA) is 43.4 Å². The van der Waals surface area contributed by atoms with Gasteiger partial charge in [-0.15, -0.1) is 0 Å². The second kappa shape index (κ2) is 3.57. The Hall–Kier alpha value is -0.720. The molecule has 78 valence electrons. The summed E-state index contributed by atoms with van der Waals surface area (Å²) in [5.41, 5.74) is -5.40. The maximum atomic E-state index is 11.7. The Bertz CT molecular complexity index is 289.